The molecule has 1 saturated heterocycles. The summed E-state index contributed by atoms with van der Waals surface area (Å²) in [5.41, 5.74) is -0.481. The maximum absolute atomic E-state index is 13.2. The smallest absolute Gasteiger partial charge is 0.338 e. The fourth-order valence-corrected chi connectivity index (χ4v) is 4.30. The van der Waals surface area contributed by atoms with Gasteiger partial charge in [-0.05, 0) is 43.3 Å². The second kappa shape index (κ2) is 12.7. The van der Waals surface area contributed by atoms with E-state index in [-0.39, 0.29) is 12.2 Å². The molecule has 9 nitrogen and oxygen atoms in total. The van der Waals surface area contributed by atoms with Crippen molar-refractivity contribution in [2.45, 2.75) is 37.1 Å². The molecule has 4 rings (SSSR count). The summed E-state index contributed by atoms with van der Waals surface area (Å²) in [6.07, 6.45) is -4.56. The van der Waals surface area contributed by atoms with E-state index in [2.05, 4.69) is 0 Å². The van der Waals surface area contributed by atoms with Crippen LogP contribution in [0, 0.1) is 0 Å². The largest absolute Gasteiger partial charge is 0.459 e. The van der Waals surface area contributed by atoms with Crippen molar-refractivity contribution in [3.8, 4) is 0 Å². The van der Waals surface area contributed by atoms with Crippen LogP contribution in [0.3, 0.4) is 0 Å². The minimum atomic E-state index is -1.42. The van der Waals surface area contributed by atoms with Gasteiger partial charge in [-0.1, -0.05) is 54.6 Å². The summed E-state index contributed by atoms with van der Waals surface area (Å²) in [6.45, 7) is 1.38. The van der Waals surface area contributed by atoms with E-state index in [4.69, 9.17) is 28.4 Å². The fraction of sp³-hybridized carbons (Fsp3) is 0.300. The Morgan fingerprint density at radius 1 is 0.718 bits per heavy atom. The minimum absolute atomic E-state index is 0.253. The Bertz CT molecular complexity index is 1250. The van der Waals surface area contributed by atoms with Gasteiger partial charge in [-0.3, -0.25) is 0 Å². The van der Waals surface area contributed by atoms with Crippen LogP contribution in [0.2, 0.25) is 0 Å². The summed E-state index contributed by atoms with van der Waals surface area (Å²) in [4.78, 5) is 38.9. The lowest BCUT2D eigenvalue weighted by Crippen LogP contribution is -2.68. The zero-order valence-electron chi connectivity index (χ0n) is 21.9. The molecule has 0 N–H and O–H groups in total. The normalized spacial score (nSPS) is 24.4. The second-order valence-corrected chi connectivity index (χ2v) is 9.01. The van der Waals surface area contributed by atoms with E-state index in [0.717, 1.165) is 0 Å². The van der Waals surface area contributed by atoms with Crippen molar-refractivity contribution in [1.29, 1.82) is 0 Å². The van der Waals surface area contributed by atoms with Gasteiger partial charge in [0.05, 0.1) is 16.7 Å². The van der Waals surface area contributed by atoms with Gasteiger partial charge in [0.25, 0.3) is 0 Å². The van der Waals surface area contributed by atoms with E-state index in [1.54, 1.807) is 97.9 Å². The van der Waals surface area contributed by atoms with Crippen LogP contribution < -0.4 is 0 Å². The van der Waals surface area contributed by atoms with Crippen molar-refractivity contribution in [3.05, 3.63) is 108 Å². The number of hydrogen-bond donors (Lipinski definition) is 0. The Morgan fingerprint density at radius 3 is 1.64 bits per heavy atom. The molecule has 3 aromatic carbocycles. The Kier molecular flexibility index (Phi) is 9.08. The lowest BCUT2D eigenvalue weighted by molar-refractivity contribution is -0.324. The van der Waals surface area contributed by atoms with Crippen LogP contribution >= 0.6 is 0 Å². The highest BCUT2D eigenvalue weighted by Gasteiger charge is 2.59. The van der Waals surface area contributed by atoms with Gasteiger partial charge in [0.2, 0.25) is 0 Å². The molecule has 1 aliphatic rings. The monoisotopic (exact) mass is 534 g/mol. The van der Waals surface area contributed by atoms with E-state index < -0.39 is 48.1 Å². The molecule has 0 aliphatic carbocycles. The van der Waals surface area contributed by atoms with Crippen molar-refractivity contribution >= 4 is 17.9 Å². The molecule has 39 heavy (non-hydrogen) atoms. The Morgan fingerprint density at radius 2 is 1.18 bits per heavy atom. The quantitative estimate of drug-likeness (QED) is 0.297. The Hall–Kier alpha value is -4.05. The molecule has 0 amide bonds. The Balaban J connectivity index is 1.64. The molecule has 5 atom stereocenters. The standard InChI is InChI=1S/C30H30O9/c1-30(35-3)23(19-36-26(31)20-13-7-4-8-14-20)37-29(34-2)24(38-27(32)21-15-9-5-10-16-21)25(30)39-28(33)22-17-11-6-12-18-22/h4-18,23-25,29H,19H2,1-3H3/t23-,24-,25-,29+,30-/m1/s1. The maximum atomic E-state index is 13.2. The first-order valence-electron chi connectivity index (χ1n) is 12.3. The SMILES string of the molecule is CO[C@H]1O[C@H](COC(=O)c2ccccc2)[C@@](C)(OC)[C@H](OC(=O)c2ccccc2)[C@H]1OC(=O)c1ccccc1. The molecule has 0 aromatic heterocycles. The first-order chi connectivity index (χ1) is 18.9. The van der Waals surface area contributed by atoms with Crippen LogP contribution in [0.15, 0.2) is 91.0 Å². The highest BCUT2D eigenvalue weighted by Crippen LogP contribution is 2.37. The van der Waals surface area contributed by atoms with Gasteiger partial charge in [-0.25, -0.2) is 14.4 Å². The third-order valence-corrected chi connectivity index (χ3v) is 6.61. The summed E-state index contributed by atoms with van der Waals surface area (Å²) in [6, 6.07) is 25.2. The van der Waals surface area contributed by atoms with Crippen molar-refractivity contribution in [3.63, 3.8) is 0 Å². The molecule has 0 spiro atoms. The van der Waals surface area contributed by atoms with Gasteiger partial charge < -0.3 is 28.4 Å². The zero-order chi connectivity index (χ0) is 27.8. The molecule has 1 heterocycles. The number of benzene rings is 3. The van der Waals surface area contributed by atoms with Crippen LogP contribution in [-0.2, 0) is 28.4 Å². The molecular weight excluding hydrogens is 504 g/mol. The summed E-state index contributed by atoms with van der Waals surface area (Å²) < 4.78 is 34.8. The average Bonchev–Trinajstić information content (AvgIpc) is 2.99. The van der Waals surface area contributed by atoms with Gasteiger partial charge >= 0.3 is 17.9 Å². The molecule has 1 fully saturated rings. The zero-order valence-corrected chi connectivity index (χ0v) is 21.9. The van der Waals surface area contributed by atoms with E-state index in [1.165, 1.54) is 14.2 Å². The summed E-state index contributed by atoms with van der Waals surface area (Å²) in [5.74, 6) is -1.90. The maximum Gasteiger partial charge on any atom is 0.338 e. The van der Waals surface area contributed by atoms with Gasteiger partial charge in [0.1, 0.15) is 18.3 Å². The van der Waals surface area contributed by atoms with E-state index >= 15 is 0 Å². The molecular formula is C30H30O9. The number of hydrogen-bond acceptors (Lipinski definition) is 9. The summed E-state index contributed by atoms with van der Waals surface area (Å²) in [5, 5.41) is 0. The number of esters is 3. The predicted molar refractivity (Wildman–Crippen MR) is 139 cm³/mol. The number of carbonyl (C=O) groups excluding carboxylic acids is 3. The van der Waals surface area contributed by atoms with E-state index in [9.17, 15) is 14.4 Å². The molecule has 204 valence electrons. The van der Waals surface area contributed by atoms with Crippen LogP contribution in [0.5, 0.6) is 0 Å². The van der Waals surface area contributed by atoms with Crippen molar-refractivity contribution in [2.24, 2.45) is 0 Å². The summed E-state index contributed by atoms with van der Waals surface area (Å²) >= 11 is 0. The lowest BCUT2D eigenvalue weighted by atomic mass is 9.85. The highest BCUT2D eigenvalue weighted by molar-refractivity contribution is 5.90. The van der Waals surface area contributed by atoms with Gasteiger partial charge in [0.15, 0.2) is 18.5 Å². The van der Waals surface area contributed by atoms with Gasteiger partial charge in [-0.2, -0.15) is 0 Å². The van der Waals surface area contributed by atoms with Gasteiger partial charge in [-0.15, -0.1) is 0 Å². The first kappa shape index (κ1) is 28.0. The molecule has 0 bridgehead atoms. The number of rotatable bonds is 9. The first-order valence-corrected chi connectivity index (χ1v) is 12.3. The molecule has 0 radical (unpaired) electrons. The van der Waals surface area contributed by atoms with Crippen molar-refractivity contribution < 1.29 is 42.8 Å². The lowest BCUT2D eigenvalue weighted by Gasteiger charge is -2.50. The Labute approximate surface area is 226 Å². The van der Waals surface area contributed by atoms with Crippen LogP contribution in [0.1, 0.15) is 38.0 Å². The van der Waals surface area contributed by atoms with Crippen LogP contribution in [-0.4, -0.2) is 68.9 Å². The molecule has 3 aromatic rings. The molecule has 0 unspecified atom stereocenters. The van der Waals surface area contributed by atoms with E-state index in [0.29, 0.717) is 11.1 Å². The van der Waals surface area contributed by atoms with Crippen LogP contribution in [0.25, 0.3) is 0 Å². The topological polar surface area (TPSA) is 107 Å². The molecule has 9 heteroatoms. The number of carbonyl (C=O) groups is 3. The third kappa shape index (κ3) is 6.34. The molecule has 0 saturated carbocycles. The predicted octanol–water partition coefficient (Wildman–Crippen LogP) is 4.07. The molecule has 1 aliphatic heterocycles. The minimum Gasteiger partial charge on any atom is -0.459 e. The number of methoxy groups -OCH3 is 2. The fourth-order valence-electron chi connectivity index (χ4n) is 4.30. The number of ether oxygens (including phenoxy) is 6. The third-order valence-electron chi connectivity index (χ3n) is 6.61. The highest BCUT2D eigenvalue weighted by atomic mass is 16.7. The van der Waals surface area contributed by atoms with Crippen molar-refractivity contribution in [2.75, 3.05) is 20.8 Å². The van der Waals surface area contributed by atoms with E-state index in [1.807, 2.05) is 0 Å². The van der Waals surface area contributed by atoms with Crippen molar-refractivity contribution in [1.82, 2.24) is 0 Å². The average molecular weight is 535 g/mol. The second-order valence-electron chi connectivity index (χ2n) is 9.01. The van der Waals surface area contributed by atoms with Gasteiger partial charge in [0, 0.05) is 14.2 Å². The summed E-state index contributed by atoms with van der Waals surface area (Å²) in [7, 11) is 2.77. The van der Waals surface area contributed by atoms with Crippen LogP contribution in [0.4, 0.5) is 0 Å².